The molecule has 0 spiro atoms. The normalized spacial score (nSPS) is 14.6. The van der Waals surface area contributed by atoms with Gasteiger partial charge >= 0.3 is 5.97 Å². The first kappa shape index (κ1) is 17.0. The molecule has 0 bridgehead atoms. The fourth-order valence-corrected chi connectivity index (χ4v) is 2.42. The smallest absolute Gasteiger partial charge is 0.340 e. The summed E-state index contributed by atoms with van der Waals surface area (Å²) in [4.78, 5) is 12.3. The van der Waals surface area contributed by atoms with Crippen LogP contribution in [0.3, 0.4) is 0 Å². The van der Waals surface area contributed by atoms with Crippen molar-refractivity contribution < 1.29 is 18.7 Å². The van der Waals surface area contributed by atoms with Crippen molar-refractivity contribution in [2.45, 2.75) is 18.6 Å². The predicted octanol–water partition coefficient (Wildman–Crippen LogP) is 3.56. The van der Waals surface area contributed by atoms with E-state index in [2.05, 4.69) is 5.32 Å². The summed E-state index contributed by atoms with van der Waals surface area (Å²) in [6.45, 7) is 1.64. The van der Waals surface area contributed by atoms with Gasteiger partial charge in [-0.3, -0.25) is 0 Å². The van der Waals surface area contributed by atoms with Gasteiger partial charge in [0.2, 0.25) is 0 Å². The predicted molar refractivity (Wildman–Crippen MR) is 86.6 cm³/mol. The molecule has 0 saturated carbocycles. The van der Waals surface area contributed by atoms with E-state index in [4.69, 9.17) is 9.47 Å². The number of nitrogens with one attached hydrogen (secondary N) is 1. The molecule has 0 aliphatic carbocycles. The molecule has 0 radical (unpaired) electrons. The summed E-state index contributed by atoms with van der Waals surface area (Å²) in [5.74, 6) is -0.859. The number of methoxy groups -OCH3 is 2. The van der Waals surface area contributed by atoms with Crippen LogP contribution in [0.25, 0.3) is 0 Å². The number of carbonyl (C=O) groups is 1. The number of hydrogen-bond donors (Lipinski definition) is 1. The van der Waals surface area contributed by atoms with Gasteiger partial charge in [0.1, 0.15) is 5.82 Å². The Bertz CT molecular complexity index is 645. The SMILES string of the molecule is COC(=O)[C@@](C)(OC)[C@H](Nc1ccccc1)c1ccc(F)cc1. The number of esters is 1. The zero-order valence-corrected chi connectivity index (χ0v) is 13.4. The van der Waals surface area contributed by atoms with E-state index in [0.717, 1.165) is 5.69 Å². The molecule has 5 heteroatoms. The fourth-order valence-electron chi connectivity index (χ4n) is 2.42. The highest BCUT2D eigenvalue weighted by Gasteiger charge is 2.44. The van der Waals surface area contributed by atoms with Gasteiger partial charge in [0.15, 0.2) is 5.60 Å². The van der Waals surface area contributed by atoms with Crippen LogP contribution in [0, 0.1) is 5.82 Å². The lowest BCUT2D eigenvalue weighted by atomic mass is 9.89. The second kappa shape index (κ2) is 7.24. The zero-order chi connectivity index (χ0) is 16.9. The van der Waals surface area contributed by atoms with Crippen molar-refractivity contribution in [1.29, 1.82) is 0 Å². The van der Waals surface area contributed by atoms with Crippen molar-refractivity contribution in [3.05, 3.63) is 66.0 Å². The largest absolute Gasteiger partial charge is 0.467 e. The highest BCUT2D eigenvalue weighted by molar-refractivity contribution is 5.81. The fraction of sp³-hybridized carbons (Fsp3) is 0.278. The third-order valence-electron chi connectivity index (χ3n) is 3.85. The molecule has 0 aromatic heterocycles. The van der Waals surface area contributed by atoms with Gasteiger partial charge in [0.05, 0.1) is 13.2 Å². The van der Waals surface area contributed by atoms with Crippen molar-refractivity contribution in [1.82, 2.24) is 0 Å². The Balaban J connectivity index is 2.45. The van der Waals surface area contributed by atoms with E-state index < -0.39 is 17.6 Å². The van der Waals surface area contributed by atoms with E-state index in [-0.39, 0.29) is 5.82 Å². The van der Waals surface area contributed by atoms with Gasteiger partial charge < -0.3 is 14.8 Å². The van der Waals surface area contributed by atoms with E-state index >= 15 is 0 Å². The average molecular weight is 317 g/mol. The molecule has 0 saturated heterocycles. The molecule has 0 unspecified atom stereocenters. The highest BCUT2D eigenvalue weighted by Crippen LogP contribution is 2.33. The molecule has 2 aromatic rings. The standard InChI is InChI=1S/C18H20FNO3/c1-18(23-3,17(21)22-2)16(13-9-11-14(19)12-10-13)20-15-7-5-4-6-8-15/h4-12,16,20H,1-3H3/t16-,18+/m1/s1. The van der Waals surface area contributed by atoms with E-state index in [1.54, 1.807) is 19.1 Å². The summed E-state index contributed by atoms with van der Waals surface area (Å²) in [5.41, 5.74) is 0.251. The summed E-state index contributed by atoms with van der Waals surface area (Å²) in [6.07, 6.45) is 0. The topological polar surface area (TPSA) is 47.6 Å². The molecule has 0 fully saturated rings. The number of halogens is 1. The van der Waals surface area contributed by atoms with Crippen LogP contribution in [0.15, 0.2) is 54.6 Å². The molecule has 2 rings (SSSR count). The Labute approximate surface area is 135 Å². The minimum absolute atomic E-state index is 0.343. The second-order valence-corrected chi connectivity index (χ2v) is 5.30. The van der Waals surface area contributed by atoms with Gasteiger partial charge in [-0.2, -0.15) is 0 Å². The Morgan fingerprint density at radius 3 is 2.22 bits per heavy atom. The summed E-state index contributed by atoms with van der Waals surface area (Å²) in [7, 11) is 2.75. The summed E-state index contributed by atoms with van der Waals surface area (Å²) < 4.78 is 23.6. The number of anilines is 1. The molecule has 0 amide bonds. The van der Waals surface area contributed by atoms with E-state index in [1.165, 1.54) is 26.4 Å². The van der Waals surface area contributed by atoms with Crippen LogP contribution in [0.4, 0.5) is 10.1 Å². The van der Waals surface area contributed by atoms with Gasteiger partial charge in [-0.15, -0.1) is 0 Å². The zero-order valence-electron chi connectivity index (χ0n) is 13.4. The number of carbonyl (C=O) groups excluding carboxylic acids is 1. The van der Waals surface area contributed by atoms with Crippen molar-refractivity contribution >= 4 is 11.7 Å². The lowest BCUT2D eigenvalue weighted by Gasteiger charge is -2.35. The Morgan fingerprint density at radius 1 is 1.09 bits per heavy atom. The number of ether oxygens (including phenoxy) is 2. The summed E-state index contributed by atoms with van der Waals surface area (Å²) >= 11 is 0. The van der Waals surface area contributed by atoms with E-state index in [1.807, 2.05) is 30.3 Å². The van der Waals surface area contributed by atoms with Crippen molar-refractivity contribution in [3.63, 3.8) is 0 Å². The van der Waals surface area contributed by atoms with Crippen molar-refractivity contribution in [2.24, 2.45) is 0 Å². The average Bonchev–Trinajstić information content (AvgIpc) is 2.60. The summed E-state index contributed by atoms with van der Waals surface area (Å²) in [5, 5.41) is 3.27. The van der Waals surface area contributed by atoms with Crippen molar-refractivity contribution in [3.8, 4) is 0 Å². The van der Waals surface area contributed by atoms with Crippen LogP contribution in [0.5, 0.6) is 0 Å². The van der Waals surface area contributed by atoms with Crippen LogP contribution < -0.4 is 5.32 Å². The monoisotopic (exact) mass is 317 g/mol. The van der Waals surface area contributed by atoms with Gasteiger partial charge in [-0.1, -0.05) is 30.3 Å². The lowest BCUT2D eigenvalue weighted by Crippen LogP contribution is -2.47. The number of rotatable bonds is 6. The quantitative estimate of drug-likeness (QED) is 0.828. The van der Waals surface area contributed by atoms with Gasteiger partial charge in [0.25, 0.3) is 0 Å². The molecular weight excluding hydrogens is 297 g/mol. The van der Waals surface area contributed by atoms with Crippen LogP contribution in [0.1, 0.15) is 18.5 Å². The second-order valence-electron chi connectivity index (χ2n) is 5.30. The molecule has 0 heterocycles. The van der Waals surface area contributed by atoms with Gasteiger partial charge in [0, 0.05) is 12.8 Å². The van der Waals surface area contributed by atoms with Crippen LogP contribution in [-0.4, -0.2) is 25.8 Å². The molecule has 4 nitrogen and oxygen atoms in total. The molecular formula is C18H20FNO3. The maximum absolute atomic E-state index is 13.2. The Morgan fingerprint density at radius 2 is 1.70 bits per heavy atom. The Kier molecular flexibility index (Phi) is 5.34. The molecule has 1 N–H and O–H groups in total. The minimum Gasteiger partial charge on any atom is -0.467 e. The first-order chi connectivity index (χ1) is 11.0. The maximum atomic E-state index is 13.2. The molecule has 23 heavy (non-hydrogen) atoms. The van der Waals surface area contributed by atoms with Crippen LogP contribution >= 0.6 is 0 Å². The molecule has 122 valence electrons. The van der Waals surface area contributed by atoms with E-state index in [0.29, 0.717) is 5.56 Å². The summed E-state index contributed by atoms with van der Waals surface area (Å²) in [6, 6.07) is 14.8. The number of hydrogen-bond acceptors (Lipinski definition) is 4. The number of benzene rings is 2. The van der Waals surface area contributed by atoms with Crippen LogP contribution in [0.2, 0.25) is 0 Å². The third kappa shape index (κ3) is 3.68. The number of para-hydroxylation sites is 1. The van der Waals surface area contributed by atoms with E-state index in [9.17, 15) is 9.18 Å². The molecule has 0 aliphatic rings. The molecule has 2 atom stereocenters. The Hall–Kier alpha value is -2.40. The van der Waals surface area contributed by atoms with Crippen LogP contribution in [-0.2, 0) is 14.3 Å². The first-order valence-corrected chi connectivity index (χ1v) is 7.22. The molecule has 0 aliphatic heterocycles. The van der Waals surface area contributed by atoms with Gasteiger partial charge in [-0.05, 0) is 36.8 Å². The highest BCUT2D eigenvalue weighted by atomic mass is 19.1. The van der Waals surface area contributed by atoms with Crippen molar-refractivity contribution in [2.75, 3.05) is 19.5 Å². The lowest BCUT2D eigenvalue weighted by molar-refractivity contribution is -0.166. The minimum atomic E-state index is -1.28. The third-order valence-corrected chi connectivity index (χ3v) is 3.85. The maximum Gasteiger partial charge on any atom is 0.340 e. The molecule has 2 aromatic carbocycles. The first-order valence-electron chi connectivity index (χ1n) is 7.22. The van der Waals surface area contributed by atoms with Gasteiger partial charge in [-0.25, -0.2) is 9.18 Å².